The second-order valence-corrected chi connectivity index (χ2v) is 32.8. The zero-order valence-electron chi connectivity index (χ0n) is 77.5. The average molecular weight is 1830 g/mol. The van der Waals surface area contributed by atoms with Crippen molar-refractivity contribution >= 4 is 104 Å². The maximum absolute atomic E-state index is 14.4. The number of fused-ring (bicyclic) bond motifs is 3. The van der Waals surface area contributed by atoms with E-state index in [0.717, 1.165) is 136 Å². The molecule has 0 unspecified atom stereocenters. The predicted molar refractivity (Wildman–Crippen MR) is 506 cm³/mol. The van der Waals surface area contributed by atoms with Gasteiger partial charge in [0.15, 0.2) is 0 Å². The first-order chi connectivity index (χ1) is 64.2. The van der Waals surface area contributed by atoms with E-state index in [1.54, 1.807) is 116 Å². The van der Waals surface area contributed by atoms with E-state index >= 15 is 0 Å². The topological polar surface area (TPSA) is 310 Å². The van der Waals surface area contributed by atoms with Gasteiger partial charge in [-0.3, -0.25) is 33.7 Å². The molecule has 0 spiro atoms. The monoisotopic (exact) mass is 1830 g/mol. The Morgan fingerprint density at radius 3 is 1.12 bits per heavy atom. The number of benzene rings is 6. The van der Waals surface area contributed by atoms with Crippen LogP contribution in [0.1, 0.15) is 127 Å². The third-order valence-corrected chi connectivity index (χ3v) is 23.5. The molecular formula is C102H117F3N10O18. The number of likely N-dealkylation sites (N-methyl/N-ethyl adjacent to an activating group) is 2. The van der Waals surface area contributed by atoms with Crippen molar-refractivity contribution in [1.29, 1.82) is 0 Å². The van der Waals surface area contributed by atoms with Crippen LogP contribution in [0.4, 0.5) is 30.2 Å². The number of carbonyl (C=O) groups excluding carboxylic acids is 6. The van der Waals surface area contributed by atoms with E-state index < -0.39 is 0 Å². The van der Waals surface area contributed by atoms with Crippen molar-refractivity contribution in [3.05, 3.63) is 248 Å². The number of piperazine rings is 1. The number of anilines is 3. The van der Waals surface area contributed by atoms with E-state index in [1.165, 1.54) is 36.4 Å². The van der Waals surface area contributed by atoms with Gasteiger partial charge in [0.05, 0.1) is 107 Å². The maximum Gasteiger partial charge on any atom is 0.325 e. The van der Waals surface area contributed by atoms with Gasteiger partial charge in [-0.05, 0) is 289 Å². The molecule has 31 heteroatoms. The molecule has 704 valence electrons. The van der Waals surface area contributed by atoms with Gasteiger partial charge in [-0.2, -0.15) is 0 Å². The number of methoxy groups -OCH3 is 6. The number of likely N-dealkylation sites (tertiary alicyclic amines) is 1. The van der Waals surface area contributed by atoms with Crippen molar-refractivity contribution in [1.82, 2.24) is 35.6 Å². The number of nitrogens with zero attached hydrogens (tertiary/aromatic N) is 4. The van der Waals surface area contributed by atoms with Gasteiger partial charge in [-0.25, -0.2) is 13.2 Å². The Hall–Kier alpha value is -13.8. The minimum Gasteiger partial charge on any atom is -0.494 e. The van der Waals surface area contributed by atoms with Gasteiger partial charge in [-0.15, -0.1) is 0 Å². The number of hydrogen-bond acceptors (Lipinski definition) is 25. The van der Waals surface area contributed by atoms with Crippen molar-refractivity contribution in [2.45, 2.75) is 85.0 Å². The summed E-state index contributed by atoms with van der Waals surface area (Å²) in [7, 11) is 17.3. The minimum absolute atomic E-state index is 0.0361. The molecule has 0 saturated carbocycles. The lowest BCUT2D eigenvalue weighted by Crippen LogP contribution is -2.45. The van der Waals surface area contributed by atoms with Crippen LogP contribution in [0.3, 0.4) is 0 Å². The molecule has 3 amide bonds. The van der Waals surface area contributed by atoms with Gasteiger partial charge in [-0.1, -0.05) is 18.2 Å². The van der Waals surface area contributed by atoms with Gasteiger partial charge >= 0.3 is 17.9 Å². The Labute approximate surface area is 773 Å². The highest BCUT2D eigenvalue weighted by Gasteiger charge is 2.32. The molecule has 6 aromatic carbocycles. The summed E-state index contributed by atoms with van der Waals surface area (Å²) < 4.78 is 109. The van der Waals surface area contributed by atoms with Gasteiger partial charge in [0.1, 0.15) is 119 Å². The standard InChI is InChI=1S/C35H41FN4O6.C34H38FN3O6.C33H38FN3O6/c1-23-28(27-8-7-25(36)19-30(27)29(23)20-33(41)37-21-26-6-5-14-45-26)16-24-17-31(43-3)35(32(18-24)44-4)38-22-34(42)46-15-13-40-11-9-39(2)10-12-40;1-21-27(26-8-7-23(35)17-29(26)28(21)18-32(39)36-19-25-6-5-13-43-25)14-22-15-30(41-3)34(31(16-22)42-4)37-20-33(40)44-24-9-11-38(2)12-10-24;1-21-26(25-9-8-23(34)18-28(25)27(21)19-31(38)36-20-24-7-6-13-42-24)15-22-16-29(40-4)33(30(17-22)41-5)35-11-10-32(39)43-14-12-37(2)3/h5-8,14,16-19,38H,9-13,15,20-22H2,1-4H3,(H,37,41);5-8,13-17,24,37H,9-12,18-20H2,1-4H3,(H,36,39);6-9,13,15-18,35H,10-12,14,19-20H2,1-5H3,(H,36,38)/b28-16-;27-14-;26-15-. The number of furan rings is 3. The van der Waals surface area contributed by atoms with Crippen LogP contribution in [0.5, 0.6) is 34.5 Å². The summed E-state index contributed by atoms with van der Waals surface area (Å²) in [4.78, 5) is 84.5. The van der Waals surface area contributed by atoms with E-state index in [2.05, 4.69) is 60.7 Å². The highest BCUT2D eigenvalue weighted by atomic mass is 19.1. The zero-order valence-corrected chi connectivity index (χ0v) is 77.5. The zero-order chi connectivity index (χ0) is 94.8. The third kappa shape index (κ3) is 26.6. The Kier molecular flexibility index (Phi) is 35.0. The fourth-order valence-corrected chi connectivity index (χ4v) is 16.2. The molecular weight excluding hydrogens is 1710 g/mol. The number of rotatable bonds is 38. The number of ether oxygens (including phenoxy) is 9. The molecule has 2 fully saturated rings. The lowest BCUT2D eigenvalue weighted by molar-refractivity contribution is -0.149. The molecule has 5 heterocycles. The van der Waals surface area contributed by atoms with E-state index in [4.69, 9.17) is 55.9 Å². The summed E-state index contributed by atoms with van der Waals surface area (Å²) in [6.07, 6.45) is 12.6. The predicted octanol–water partition coefficient (Wildman–Crippen LogP) is 15.6. The van der Waals surface area contributed by atoms with Crippen molar-refractivity contribution in [2.24, 2.45) is 0 Å². The van der Waals surface area contributed by atoms with Crippen molar-refractivity contribution in [3.63, 3.8) is 0 Å². The maximum atomic E-state index is 14.4. The average Bonchev–Trinajstić information content (AvgIpc) is 1.63. The van der Waals surface area contributed by atoms with Crippen LogP contribution in [-0.4, -0.2) is 217 Å². The highest BCUT2D eigenvalue weighted by molar-refractivity contribution is 6.11. The van der Waals surface area contributed by atoms with Crippen molar-refractivity contribution in [3.8, 4) is 34.5 Å². The molecule has 14 rings (SSSR count). The smallest absolute Gasteiger partial charge is 0.325 e. The molecule has 0 bridgehead atoms. The summed E-state index contributed by atoms with van der Waals surface area (Å²) in [5.74, 6) is 2.23. The fraction of sp³-hybridized carbons (Fsp3) is 0.353. The van der Waals surface area contributed by atoms with Crippen LogP contribution in [0.25, 0.3) is 51.7 Å². The Balaban J connectivity index is 0.000000180. The Bertz CT molecular complexity index is 5730. The van der Waals surface area contributed by atoms with E-state index in [9.17, 15) is 41.9 Å². The summed E-state index contributed by atoms with van der Waals surface area (Å²) in [6, 6.07) is 35.6. The van der Waals surface area contributed by atoms with Crippen LogP contribution in [-0.2, 0) is 62.6 Å². The summed E-state index contributed by atoms with van der Waals surface area (Å²) in [6.45, 7) is 14.6. The number of esters is 3. The second-order valence-electron chi connectivity index (χ2n) is 32.8. The lowest BCUT2D eigenvalue weighted by atomic mass is 10.00. The summed E-state index contributed by atoms with van der Waals surface area (Å²) >= 11 is 0. The quantitative estimate of drug-likeness (QED) is 0.0155. The first-order valence-corrected chi connectivity index (χ1v) is 44.0. The summed E-state index contributed by atoms with van der Waals surface area (Å²) in [5, 5.41) is 18.1. The number of allylic oxidation sites excluding steroid dienone is 6. The number of carbonyl (C=O) groups is 6. The molecule has 9 aromatic rings. The van der Waals surface area contributed by atoms with Gasteiger partial charge in [0.2, 0.25) is 17.7 Å². The first-order valence-electron chi connectivity index (χ1n) is 44.0. The normalized spacial score (nSPS) is 15.2. The first kappa shape index (κ1) is 98.3. The van der Waals surface area contributed by atoms with Crippen LogP contribution >= 0.6 is 0 Å². The molecule has 2 saturated heterocycles. The van der Waals surface area contributed by atoms with Gasteiger partial charge in [0, 0.05) is 58.9 Å². The van der Waals surface area contributed by atoms with E-state index in [-0.39, 0.29) is 118 Å². The second kappa shape index (κ2) is 47.4. The number of amides is 3. The number of nitrogens with one attached hydrogen (secondary N) is 6. The number of hydrogen-bond donors (Lipinski definition) is 6. The van der Waals surface area contributed by atoms with Crippen LogP contribution < -0.4 is 60.3 Å². The Morgan fingerprint density at radius 1 is 0.429 bits per heavy atom. The molecule has 28 nitrogen and oxygen atoms in total. The molecule has 3 aliphatic carbocycles. The number of halogens is 3. The summed E-state index contributed by atoms with van der Waals surface area (Å²) in [5.41, 5.74) is 16.0. The molecule has 133 heavy (non-hydrogen) atoms. The molecule has 0 radical (unpaired) electrons. The molecule has 0 atom stereocenters. The number of piperidine rings is 1. The molecule has 2 aliphatic heterocycles. The largest absolute Gasteiger partial charge is 0.494 e. The van der Waals surface area contributed by atoms with Gasteiger partial charge < -0.3 is 102 Å². The molecule has 5 aliphatic rings. The molecule has 3 aromatic heterocycles. The lowest BCUT2D eigenvalue weighted by Gasteiger charge is -2.32. The van der Waals surface area contributed by atoms with Crippen LogP contribution in [0, 0.1) is 17.5 Å². The van der Waals surface area contributed by atoms with Crippen LogP contribution in [0.2, 0.25) is 0 Å². The Morgan fingerprint density at radius 2 is 0.774 bits per heavy atom. The van der Waals surface area contributed by atoms with Crippen molar-refractivity contribution in [2.75, 3.05) is 172 Å². The fourth-order valence-electron chi connectivity index (χ4n) is 16.2. The highest BCUT2D eigenvalue weighted by Crippen LogP contribution is 2.49. The van der Waals surface area contributed by atoms with Crippen LogP contribution in [0.15, 0.2) is 176 Å². The van der Waals surface area contributed by atoms with Gasteiger partial charge in [0.25, 0.3) is 0 Å². The van der Waals surface area contributed by atoms with E-state index in [0.29, 0.717) is 118 Å². The van der Waals surface area contributed by atoms with Crippen molar-refractivity contribution < 1.29 is 97.8 Å². The minimum atomic E-state index is -0.377. The third-order valence-electron chi connectivity index (χ3n) is 23.5. The SMILES string of the molecule is COc1cc(/C=C2/C(C)=C(CC(=O)NCc3ccco3)c3cc(F)ccc32)cc(OC)c1NCC(=O)OC1CCN(C)CC1.COc1cc(/C=C2/C(C)=C(CC(=O)NCc3ccco3)c3cc(F)ccc32)cc(OC)c1NCC(=O)OCCN1CCN(C)CC1.COc1cc(/C=C2/C(C)=C(CC(=O)NCc3ccco3)c3cc(F)ccc32)cc(OC)c1NCCC(=O)OCCN(C)C. The molecule has 6 N–H and O–H groups in total. The van der Waals surface area contributed by atoms with E-state index in [1.807, 2.05) is 94.4 Å².